The number of hydrogen-bond acceptors (Lipinski definition) is 6. The third-order valence-electron chi connectivity index (χ3n) is 6.72. The van der Waals surface area contributed by atoms with Gasteiger partial charge in [-0.2, -0.15) is 10.6 Å². The maximum absolute atomic E-state index is 12.7. The topological polar surface area (TPSA) is 122 Å². The Balaban J connectivity index is 1.47. The number of nitrogens with zero attached hydrogens (tertiary/aromatic N) is 1. The average molecular weight is 474 g/mol. The van der Waals surface area contributed by atoms with E-state index in [-0.39, 0.29) is 11.9 Å². The minimum Gasteiger partial charge on any atom is -0.364 e. The summed E-state index contributed by atoms with van der Waals surface area (Å²) < 4.78 is 21.0. The normalized spacial score (nSPS) is 24.0. The van der Waals surface area contributed by atoms with Gasteiger partial charge in [0.2, 0.25) is 5.91 Å². The summed E-state index contributed by atoms with van der Waals surface area (Å²) in [5.41, 5.74) is 4.00. The molecule has 1 fully saturated rings. The molecule has 0 bridgehead atoms. The minimum atomic E-state index is -2.93. The zero-order chi connectivity index (χ0) is 23.8. The van der Waals surface area contributed by atoms with Crippen LogP contribution in [0.1, 0.15) is 49.0 Å². The van der Waals surface area contributed by atoms with Crippen molar-refractivity contribution < 1.29 is 23.9 Å². The third-order valence-corrected chi connectivity index (χ3v) is 9.35. The molecule has 33 heavy (non-hydrogen) atoms. The third kappa shape index (κ3) is 4.46. The van der Waals surface area contributed by atoms with E-state index in [4.69, 9.17) is 5.21 Å². The molecule has 5 N–H and O–H groups in total. The van der Waals surface area contributed by atoms with Crippen molar-refractivity contribution >= 4 is 28.1 Å². The van der Waals surface area contributed by atoms with Gasteiger partial charge in [-0.3, -0.25) is 23.9 Å². The first-order valence-electron chi connectivity index (χ1n) is 11.1. The molecule has 2 amide bonds. The molecular formula is C24H31N3O5S. The zero-order valence-corrected chi connectivity index (χ0v) is 19.6. The van der Waals surface area contributed by atoms with E-state index in [2.05, 4.69) is 10.2 Å². The summed E-state index contributed by atoms with van der Waals surface area (Å²) in [6, 6.07) is 14.4. The summed E-state index contributed by atoms with van der Waals surface area (Å²) in [5, 5.41) is 11.8. The van der Waals surface area contributed by atoms with Crippen molar-refractivity contribution in [3.63, 3.8) is 0 Å². The SMILES string of the molecule is CC1(C)CN(Cc2ccc(C(=O)NC3CCCC3C(=O)NO)cc2)c2ccccc2S1(O)O. The standard InChI is InChI=1S/C24H31N3O5S/c1-24(2)15-27(20-8-3-4-9-21(20)33(24,31)32)14-16-10-12-17(13-11-16)22(28)25-19-7-5-6-18(19)23(29)26-30/h3-4,8-13,18-19,30-32H,5-7,14-15H2,1-2H3,(H,25,28)(H,26,29). The van der Waals surface area contributed by atoms with Crippen LogP contribution in [0, 0.1) is 5.92 Å². The number of amides is 2. The smallest absolute Gasteiger partial charge is 0.251 e. The molecule has 178 valence electrons. The highest BCUT2D eigenvalue weighted by molar-refractivity contribution is 8.25. The molecule has 0 saturated heterocycles. The van der Waals surface area contributed by atoms with Gasteiger partial charge in [0, 0.05) is 24.7 Å². The van der Waals surface area contributed by atoms with Gasteiger partial charge in [-0.05, 0) is 56.5 Å². The number of fused-ring (bicyclic) bond motifs is 1. The molecule has 1 aliphatic carbocycles. The van der Waals surface area contributed by atoms with Crippen molar-refractivity contribution in [2.45, 2.75) is 55.3 Å². The largest absolute Gasteiger partial charge is 0.364 e. The van der Waals surface area contributed by atoms with E-state index in [1.807, 2.05) is 44.2 Å². The second-order valence-electron chi connectivity index (χ2n) is 9.42. The van der Waals surface area contributed by atoms with E-state index < -0.39 is 27.2 Å². The lowest BCUT2D eigenvalue weighted by Crippen LogP contribution is -2.46. The number of anilines is 1. The van der Waals surface area contributed by atoms with Crippen LogP contribution >= 0.6 is 10.6 Å². The Hall–Kier alpha value is -2.59. The Bertz CT molecular complexity index is 1040. The van der Waals surface area contributed by atoms with Crippen LogP contribution in [0.25, 0.3) is 0 Å². The number of hydrogen-bond donors (Lipinski definition) is 5. The second kappa shape index (κ2) is 8.98. The molecule has 0 spiro atoms. The van der Waals surface area contributed by atoms with Crippen LogP contribution in [0.3, 0.4) is 0 Å². The van der Waals surface area contributed by atoms with Crippen molar-refractivity contribution in [1.29, 1.82) is 0 Å². The molecule has 2 aromatic rings. The molecule has 9 heteroatoms. The summed E-state index contributed by atoms with van der Waals surface area (Å²) in [6.45, 7) is 4.79. The Morgan fingerprint density at radius 2 is 1.79 bits per heavy atom. The highest BCUT2D eigenvalue weighted by atomic mass is 32.3. The van der Waals surface area contributed by atoms with Crippen LogP contribution in [0.5, 0.6) is 0 Å². The lowest BCUT2D eigenvalue weighted by molar-refractivity contribution is -0.133. The molecule has 0 aromatic heterocycles. The lowest BCUT2D eigenvalue weighted by atomic mass is 10.0. The van der Waals surface area contributed by atoms with Crippen molar-refractivity contribution in [1.82, 2.24) is 10.8 Å². The van der Waals surface area contributed by atoms with Gasteiger partial charge in [-0.15, -0.1) is 0 Å². The summed E-state index contributed by atoms with van der Waals surface area (Å²) >= 11 is 0. The molecular weight excluding hydrogens is 442 g/mol. The molecule has 2 aromatic carbocycles. The van der Waals surface area contributed by atoms with Gasteiger partial charge in [0.25, 0.3) is 5.91 Å². The molecule has 1 aliphatic heterocycles. The fraction of sp³-hybridized carbons (Fsp3) is 0.417. The molecule has 1 heterocycles. The van der Waals surface area contributed by atoms with E-state index >= 15 is 0 Å². The number of rotatable bonds is 5. The highest BCUT2D eigenvalue weighted by Gasteiger charge is 2.43. The predicted octanol–water partition coefficient (Wildman–Crippen LogP) is 4.00. The molecule has 8 nitrogen and oxygen atoms in total. The van der Waals surface area contributed by atoms with Crippen LogP contribution in [-0.2, 0) is 11.3 Å². The summed E-state index contributed by atoms with van der Waals surface area (Å²) in [6.07, 6.45) is 2.15. The van der Waals surface area contributed by atoms with E-state index in [0.717, 1.165) is 17.7 Å². The first-order chi connectivity index (χ1) is 15.6. The number of benzene rings is 2. The van der Waals surface area contributed by atoms with E-state index in [1.54, 1.807) is 23.7 Å². The molecule has 2 atom stereocenters. The summed E-state index contributed by atoms with van der Waals surface area (Å²) in [5.74, 6) is -1.13. The number of para-hydroxylation sites is 1. The van der Waals surface area contributed by atoms with Crippen LogP contribution in [0.15, 0.2) is 53.4 Å². The molecule has 1 saturated carbocycles. The fourth-order valence-corrected chi connectivity index (χ4v) is 6.48. The van der Waals surface area contributed by atoms with Gasteiger partial charge in [-0.1, -0.05) is 30.7 Å². The molecule has 0 radical (unpaired) electrons. The first kappa shape index (κ1) is 23.6. The van der Waals surface area contributed by atoms with Crippen molar-refractivity contribution in [2.75, 3.05) is 11.4 Å². The molecule has 2 aliphatic rings. The van der Waals surface area contributed by atoms with Gasteiger partial charge in [0.1, 0.15) is 0 Å². The number of nitrogens with one attached hydrogen (secondary N) is 2. The van der Waals surface area contributed by atoms with Crippen molar-refractivity contribution in [3.8, 4) is 0 Å². The minimum absolute atomic E-state index is 0.248. The first-order valence-corrected chi connectivity index (χ1v) is 12.6. The van der Waals surface area contributed by atoms with Crippen molar-refractivity contribution in [2.24, 2.45) is 5.92 Å². The van der Waals surface area contributed by atoms with Crippen LogP contribution in [0.4, 0.5) is 5.69 Å². The van der Waals surface area contributed by atoms with E-state index in [9.17, 15) is 18.7 Å². The van der Waals surface area contributed by atoms with Gasteiger partial charge in [0.05, 0.1) is 21.2 Å². The molecule has 4 rings (SSSR count). The Kier molecular flexibility index (Phi) is 6.41. The number of hydroxylamine groups is 1. The quantitative estimate of drug-likeness (QED) is 0.331. The maximum Gasteiger partial charge on any atom is 0.251 e. The second-order valence-corrected chi connectivity index (χ2v) is 12.1. The predicted molar refractivity (Wildman–Crippen MR) is 128 cm³/mol. The van der Waals surface area contributed by atoms with E-state index in [1.165, 1.54) is 0 Å². The summed E-state index contributed by atoms with van der Waals surface area (Å²) in [4.78, 5) is 27.2. The maximum atomic E-state index is 12.7. The zero-order valence-electron chi connectivity index (χ0n) is 18.8. The highest BCUT2D eigenvalue weighted by Crippen LogP contribution is 2.64. The Morgan fingerprint density at radius 1 is 1.09 bits per heavy atom. The van der Waals surface area contributed by atoms with Gasteiger partial charge in [-0.25, -0.2) is 5.48 Å². The van der Waals surface area contributed by atoms with Gasteiger partial charge >= 0.3 is 0 Å². The van der Waals surface area contributed by atoms with Crippen LogP contribution in [0.2, 0.25) is 0 Å². The number of carbonyl (C=O) groups excluding carboxylic acids is 2. The van der Waals surface area contributed by atoms with Gasteiger partial charge in [0.15, 0.2) is 0 Å². The average Bonchev–Trinajstić information content (AvgIpc) is 3.25. The summed E-state index contributed by atoms with van der Waals surface area (Å²) in [7, 11) is -2.93. The Labute approximate surface area is 195 Å². The van der Waals surface area contributed by atoms with Crippen LogP contribution in [-0.4, -0.2) is 43.5 Å². The number of carbonyl (C=O) groups is 2. The van der Waals surface area contributed by atoms with Crippen molar-refractivity contribution in [3.05, 3.63) is 59.7 Å². The van der Waals surface area contributed by atoms with Gasteiger partial charge < -0.3 is 10.2 Å². The van der Waals surface area contributed by atoms with E-state index in [0.29, 0.717) is 36.4 Å². The molecule has 2 unspecified atom stereocenters. The Morgan fingerprint density at radius 3 is 2.48 bits per heavy atom. The monoisotopic (exact) mass is 473 g/mol. The van der Waals surface area contributed by atoms with Crippen LogP contribution < -0.4 is 15.7 Å². The fourth-order valence-electron chi connectivity index (χ4n) is 4.80. The lowest BCUT2D eigenvalue weighted by Gasteiger charge is -2.54.